The fraction of sp³-hybridized carbons (Fsp3) is 0.0909. The van der Waals surface area contributed by atoms with Gasteiger partial charge >= 0.3 is 0 Å². The van der Waals surface area contributed by atoms with Gasteiger partial charge in [-0.05, 0) is 52.9 Å². The molecule has 0 aromatic heterocycles. The van der Waals surface area contributed by atoms with Crippen LogP contribution in [0.2, 0.25) is 0 Å². The highest BCUT2D eigenvalue weighted by molar-refractivity contribution is 9.10. The summed E-state index contributed by atoms with van der Waals surface area (Å²) in [6, 6.07) is 25.6. The molecule has 0 saturated heterocycles. The van der Waals surface area contributed by atoms with E-state index in [4.69, 9.17) is 0 Å². The number of hydrogen-bond acceptors (Lipinski definition) is 0. The highest BCUT2D eigenvalue weighted by atomic mass is 79.9. The lowest BCUT2D eigenvalue weighted by molar-refractivity contribution is 0.802. The van der Waals surface area contributed by atoms with Crippen molar-refractivity contribution in [3.05, 3.63) is 111 Å². The van der Waals surface area contributed by atoms with Crippen LogP contribution in [0.5, 0.6) is 0 Å². The Bertz CT molecular complexity index is 806. The number of hydrogen-bond donors (Lipinski definition) is 0. The van der Waals surface area contributed by atoms with E-state index in [-0.39, 0.29) is 0 Å². The zero-order valence-electron chi connectivity index (χ0n) is 13.3. The summed E-state index contributed by atoms with van der Waals surface area (Å²) < 4.78 is 2.22. The number of benzene rings is 3. The zero-order chi connectivity index (χ0) is 16.9. The first-order valence-corrected chi connectivity index (χ1v) is 9.47. The Kier molecular flexibility index (Phi) is 5.70. The number of rotatable bonds is 5. The van der Waals surface area contributed by atoms with Gasteiger partial charge < -0.3 is 0 Å². The Morgan fingerprint density at radius 3 is 1.92 bits per heavy atom. The molecular formula is C22H18Br2. The van der Waals surface area contributed by atoms with E-state index < -0.39 is 0 Å². The van der Waals surface area contributed by atoms with Gasteiger partial charge in [-0.25, -0.2) is 0 Å². The summed E-state index contributed by atoms with van der Waals surface area (Å²) in [4.78, 5) is 0. The first-order valence-electron chi connectivity index (χ1n) is 7.88. The van der Waals surface area contributed by atoms with Gasteiger partial charge in [0.15, 0.2) is 0 Å². The average Bonchev–Trinajstić information content (AvgIpc) is 2.60. The fourth-order valence-electron chi connectivity index (χ4n) is 3.01. The van der Waals surface area contributed by atoms with Crippen molar-refractivity contribution >= 4 is 37.9 Å². The molecule has 3 rings (SSSR count). The van der Waals surface area contributed by atoms with Crippen LogP contribution in [0.1, 0.15) is 28.2 Å². The molecule has 0 fully saturated rings. The third kappa shape index (κ3) is 4.06. The highest BCUT2D eigenvalue weighted by Gasteiger charge is 2.17. The third-order valence-corrected chi connectivity index (χ3v) is 5.19. The molecule has 0 atom stereocenters. The standard InChI is InChI=1S/C22H18Br2/c1-2-16-7-3-4-8-17(16)15-22(18-9-5-11-20(23)13-18)19-10-6-12-21(24)14-19/h2-14,22H,1,15H2. The molecule has 0 aliphatic rings. The van der Waals surface area contributed by atoms with Crippen LogP contribution in [0.15, 0.2) is 88.3 Å². The highest BCUT2D eigenvalue weighted by Crippen LogP contribution is 2.32. The van der Waals surface area contributed by atoms with Crippen molar-refractivity contribution in [3.8, 4) is 0 Å². The van der Waals surface area contributed by atoms with E-state index in [0.29, 0.717) is 5.92 Å². The molecule has 3 aromatic carbocycles. The topological polar surface area (TPSA) is 0 Å². The second-order valence-corrected chi connectivity index (χ2v) is 7.60. The SMILES string of the molecule is C=Cc1ccccc1CC(c1cccc(Br)c1)c1cccc(Br)c1. The molecule has 0 spiro atoms. The van der Waals surface area contributed by atoms with E-state index >= 15 is 0 Å². The molecular weight excluding hydrogens is 424 g/mol. The minimum Gasteiger partial charge on any atom is -0.0985 e. The maximum Gasteiger partial charge on any atom is 0.0178 e. The Morgan fingerprint density at radius 1 is 0.792 bits per heavy atom. The largest absolute Gasteiger partial charge is 0.0985 e. The van der Waals surface area contributed by atoms with Crippen molar-refractivity contribution in [1.29, 1.82) is 0 Å². The summed E-state index contributed by atoms with van der Waals surface area (Å²) in [5.74, 6) is 0.293. The van der Waals surface area contributed by atoms with Crippen molar-refractivity contribution < 1.29 is 0 Å². The van der Waals surface area contributed by atoms with E-state index in [0.717, 1.165) is 15.4 Å². The molecule has 24 heavy (non-hydrogen) atoms. The van der Waals surface area contributed by atoms with Gasteiger partial charge in [0.25, 0.3) is 0 Å². The van der Waals surface area contributed by atoms with Crippen LogP contribution in [0, 0.1) is 0 Å². The third-order valence-electron chi connectivity index (χ3n) is 4.20. The smallest absolute Gasteiger partial charge is 0.0178 e. The lowest BCUT2D eigenvalue weighted by atomic mass is 9.85. The molecule has 3 aromatic rings. The molecule has 0 aliphatic heterocycles. The Balaban J connectivity index is 2.06. The molecule has 0 amide bonds. The van der Waals surface area contributed by atoms with Crippen LogP contribution in [0.3, 0.4) is 0 Å². The van der Waals surface area contributed by atoms with E-state index in [1.165, 1.54) is 22.3 Å². The van der Waals surface area contributed by atoms with E-state index in [1.54, 1.807) is 0 Å². The quantitative estimate of drug-likeness (QED) is 0.391. The van der Waals surface area contributed by atoms with E-state index in [1.807, 2.05) is 6.08 Å². The lowest BCUT2D eigenvalue weighted by Gasteiger charge is -2.20. The lowest BCUT2D eigenvalue weighted by Crippen LogP contribution is -2.06. The van der Waals surface area contributed by atoms with Crippen molar-refractivity contribution in [2.45, 2.75) is 12.3 Å². The van der Waals surface area contributed by atoms with Gasteiger partial charge in [0, 0.05) is 14.9 Å². The van der Waals surface area contributed by atoms with Gasteiger partial charge in [0.2, 0.25) is 0 Å². The minimum absolute atomic E-state index is 0.293. The Hall–Kier alpha value is -1.64. The van der Waals surface area contributed by atoms with Crippen molar-refractivity contribution in [3.63, 3.8) is 0 Å². The van der Waals surface area contributed by atoms with Crippen molar-refractivity contribution in [2.24, 2.45) is 0 Å². The first kappa shape index (κ1) is 17.2. The van der Waals surface area contributed by atoms with Gasteiger partial charge in [-0.15, -0.1) is 0 Å². The zero-order valence-corrected chi connectivity index (χ0v) is 16.4. The van der Waals surface area contributed by atoms with Crippen LogP contribution in [-0.2, 0) is 6.42 Å². The van der Waals surface area contributed by atoms with E-state index in [9.17, 15) is 0 Å². The molecule has 0 unspecified atom stereocenters. The maximum atomic E-state index is 3.96. The van der Waals surface area contributed by atoms with Crippen molar-refractivity contribution in [2.75, 3.05) is 0 Å². The molecule has 0 bridgehead atoms. The summed E-state index contributed by atoms with van der Waals surface area (Å²) in [6.07, 6.45) is 2.88. The molecule has 2 heteroatoms. The predicted molar refractivity (Wildman–Crippen MR) is 110 cm³/mol. The van der Waals surface area contributed by atoms with Crippen LogP contribution in [-0.4, -0.2) is 0 Å². The molecule has 0 nitrogen and oxygen atoms in total. The summed E-state index contributed by atoms with van der Waals surface area (Å²) in [5.41, 5.74) is 5.13. The first-order chi connectivity index (χ1) is 11.7. The molecule has 0 saturated carbocycles. The van der Waals surface area contributed by atoms with Crippen LogP contribution >= 0.6 is 31.9 Å². The molecule has 0 heterocycles. The van der Waals surface area contributed by atoms with Gasteiger partial charge in [0.05, 0.1) is 0 Å². The molecule has 0 aliphatic carbocycles. The summed E-state index contributed by atoms with van der Waals surface area (Å²) in [5, 5.41) is 0. The predicted octanol–water partition coefficient (Wildman–Crippen LogP) is 7.23. The van der Waals surface area contributed by atoms with Gasteiger partial charge in [0.1, 0.15) is 0 Å². The van der Waals surface area contributed by atoms with Crippen molar-refractivity contribution in [1.82, 2.24) is 0 Å². The number of halogens is 2. The van der Waals surface area contributed by atoms with Crippen LogP contribution in [0.4, 0.5) is 0 Å². The minimum atomic E-state index is 0.293. The second-order valence-electron chi connectivity index (χ2n) is 5.77. The molecule has 0 radical (unpaired) electrons. The van der Waals surface area contributed by atoms with Gasteiger partial charge in [-0.3, -0.25) is 0 Å². The van der Waals surface area contributed by atoms with Gasteiger partial charge in [-0.1, -0.05) is 93.0 Å². The molecule has 120 valence electrons. The maximum absolute atomic E-state index is 3.96. The summed E-state index contributed by atoms with van der Waals surface area (Å²) in [6.45, 7) is 3.96. The summed E-state index contributed by atoms with van der Waals surface area (Å²) in [7, 11) is 0. The summed E-state index contributed by atoms with van der Waals surface area (Å²) >= 11 is 7.21. The normalized spacial score (nSPS) is 10.8. The average molecular weight is 442 g/mol. The van der Waals surface area contributed by atoms with Crippen LogP contribution < -0.4 is 0 Å². The van der Waals surface area contributed by atoms with E-state index in [2.05, 4.69) is 111 Å². The Morgan fingerprint density at radius 2 is 1.38 bits per heavy atom. The molecule has 0 N–H and O–H groups in total. The van der Waals surface area contributed by atoms with Gasteiger partial charge in [-0.2, -0.15) is 0 Å². The Labute approximate surface area is 160 Å². The second kappa shape index (κ2) is 7.96. The fourth-order valence-corrected chi connectivity index (χ4v) is 3.85. The van der Waals surface area contributed by atoms with Crippen LogP contribution in [0.25, 0.3) is 6.08 Å². The monoisotopic (exact) mass is 440 g/mol.